The van der Waals surface area contributed by atoms with E-state index in [1.54, 1.807) is 48.2 Å². The largest absolute Gasteiger partial charge is 0.479 e. The Balaban J connectivity index is 1.65. The summed E-state index contributed by atoms with van der Waals surface area (Å²) < 4.78 is 32.7. The maximum Gasteiger partial charge on any atom is 0.263 e. The zero-order valence-corrected chi connectivity index (χ0v) is 17.4. The number of carbonyl (C=O) groups excluding carboxylic acids is 1. The second-order valence-electron chi connectivity index (χ2n) is 6.53. The molecule has 1 fully saturated rings. The number of piperazine rings is 1. The molecule has 9 heteroatoms. The summed E-state index contributed by atoms with van der Waals surface area (Å²) in [7, 11) is -3.80. The van der Waals surface area contributed by atoms with Crippen LogP contribution in [0.3, 0.4) is 0 Å². The number of benzene rings is 2. The van der Waals surface area contributed by atoms with Crippen molar-refractivity contribution < 1.29 is 17.9 Å². The highest BCUT2D eigenvalue weighted by Gasteiger charge is 2.33. The van der Waals surface area contributed by atoms with Gasteiger partial charge >= 0.3 is 0 Å². The van der Waals surface area contributed by atoms with Crippen molar-refractivity contribution in [3.63, 3.8) is 0 Å². The van der Waals surface area contributed by atoms with Crippen LogP contribution in [0.4, 0.5) is 0 Å². The molecule has 1 unspecified atom stereocenters. The van der Waals surface area contributed by atoms with E-state index < -0.39 is 16.1 Å². The standard InChI is InChI=1S/C20H20ClN3O4S/c1-15(28-18-8-4-3-7-17(18)21)20(25)23-10-12-24(13-11-23)29(26,27)19-9-5-2-6-16(19)14-22/h2-9,15H,10-13H2,1H3. The van der Waals surface area contributed by atoms with Crippen molar-refractivity contribution in [2.45, 2.75) is 17.9 Å². The molecule has 0 spiro atoms. The van der Waals surface area contributed by atoms with E-state index >= 15 is 0 Å². The highest BCUT2D eigenvalue weighted by atomic mass is 35.5. The van der Waals surface area contributed by atoms with Gasteiger partial charge in [0.05, 0.1) is 15.5 Å². The first-order valence-corrected chi connectivity index (χ1v) is 10.9. The predicted molar refractivity (Wildman–Crippen MR) is 108 cm³/mol. The van der Waals surface area contributed by atoms with Gasteiger partial charge in [-0.3, -0.25) is 4.79 Å². The van der Waals surface area contributed by atoms with E-state index in [9.17, 15) is 18.5 Å². The lowest BCUT2D eigenvalue weighted by molar-refractivity contribution is -0.139. The number of nitriles is 1. The van der Waals surface area contributed by atoms with Gasteiger partial charge in [0.2, 0.25) is 10.0 Å². The average molecular weight is 434 g/mol. The van der Waals surface area contributed by atoms with Gasteiger partial charge in [-0.15, -0.1) is 0 Å². The molecular weight excluding hydrogens is 414 g/mol. The van der Waals surface area contributed by atoms with Crippen LogP contribution in [0.5, 0.6) is 5.75 Å². The molecule has 2 aromatic carbocycles. The van der Waals surface area contributed by atoms with Crippen LogP contribution >= 0.6 is 11.6 Å². The fraction of sp³-hybridized carbons (Fsp3) is 0.300. The van der Waals surface area contributed by atoms with Crippen LogP contribution in [0.1, 0.15) is 12.5 Å². The van der Waals surface area contributed by atoms with Crippen molar-refractivity contribution in [3.05, 3.63) is 59.1 Å². The minimum absolute atomic E-state index is 0.0160. The molecule has 1 aliphatic rings. The predicted octanol–water partition coefficient (Wildman–Crippen LogP) is 2.51. The maximum atomic E-state index is 12.9. The molecule has 7 nitrogen and oxygen atoms in total. The minimum Gasteiger partial charge on any atom is -0.479 e. The molecule has 1 amide bonds. The van der Waals surface area contributed by atoms with Crippen molar-refractivity contribution in [1.82, 2.24) is 9.21 Å². The van der Waals surface area contributed by atoms with E-state index in [0.29, 0.717) is 10.8 Å². The Kier molecular flexibility index (Phi) is 6.42. The van der Waals surface area contributed by atoms with Crippen LogP contribution in [0.15, 0.2) is 53.4 Å². The number of rotatable bonds is 5. The Labute approximate surface area is 175 Å². The Morgan fingerprint density at radius 3 is 2.38 bits per heavy atom. The van der Waals surface area contributed by atoms with E-state index in [1.807, 2.05) is 6.07 Å². The minimum atomic E-state index is -3.80. The molecule has 1 heterocycles. The molecule has 29 heavy (non-hydrogen) atoms. The Bertz CT molecular complexity index is 1040. The second-order valence-corrected chi connectivity index (χ2v) is 8.84. The van der Waals surface area contributed by atoms with Crippen LogP contribution in [0.2, 0.25) is 5.02 Å². The van der Waals surface area contributed by atoms with Gasteiger partial charge in [-0.1, -0.05) is 35.9 Å². The summed E-state index contributed by atoms with van der Waals surface area (Å²) in [4.78, 5) is 14.2. The van der Waals surface area contributed by atoms with Crippen LogP contribution < -0.4 is 4.74 Å². The SMILES string of the molecule is CC(Oc1ccccc1Cl)C(=O)N1CCN(S(=O)(=O)c2ccccc2C#N)CC1. The van der Waals surface area contributed by atoms with Crippen molar-refractivity contribution >= 4 is 27.5 Å². The number of para-hydroxylation sites is 1. The summed E-state index contributed by atoms with van der Waals surface area (Å²) in [5.74, 6) is 0.184. The van der Waals surface area contributed by atoms with E-state index in [4.69, 9.17) is 16.3 Å². The number of carbonyl (C=O) groups is 1. The van der Waals surface area contributed by atoms with Gasteiger partial charge in [-0.25, -0.2) is 8.42 Å². The van der Waals surface area contributed by atoms with Crippen molar-refractivity contribution in [1.29, 1.82) is 5.26 Å². The molecule has 1 atom stereocenters. The van der Waals surface area contributed by atoms with Crippen LogP contribution in [-0.4, -0.2) is 55.8 Å². The third kappa shape index (κ3) is 4.53. The van der Waals surface area contributed by atoms with Crippen molar-refractivity contribution in [2.24, 2.45) is 0 Å². The van der Waals surface area contributed by atoms with E-state index in [0.717, 1.165) is 0 Å². The van der Waals surface area contributed by atoms with Gasteiger partial charge < -0.3 is 9.64 Å². The lowest BCUT2D eigenvalue weighted by Crippen LogP contribution is -2.53. The molecule has 152 valence electrons. The molecule has 2 aromatic rings. The number of nitrogens with zero attached hydrogens (tertiary/aromatic N) is 3. The fourth-order valence-electron chi connectivity index (χ4n) is 3.11. The lowest BCUT2D eigenvalue weighted by Gasteiger charge is -2.35. The summed E-state index contributed by atoms with van der Waals surface area (Å²) in [5, 5.41) is 9.60. The smallest absolute Gasteiger partial charge is 0.263 e. The van der Waals surface area contributed by atoms with Gasteiger partial charge in [0.1, 0.15) is 11.8 Å². The lowest BCUT2D eigenvalue weighted by atomic mass is 10.2. The van der Waals surface area contributed by atoms with Crippen LogP contribution in [0, 0.1) is 11.3 Å². The highest BCUT2D eigenvalue weighted by Crippen LogP contribution is 2.25. The molecule has 1 saturated heterocycles. The van der Waals surface area contributed by atoms with Gasteiger partial charge in [-0.2, -0.15) is 9.57 Å². The first-order valence-electron chi connectivity index (χ1n) is 9.04. The zero-order valence-electron chi connectivity index (χ0n) is 15.8. The highest BCUT2D eigenvalue weighted by molar-refractivity contribution is 7.89. The average Bonchev–Trinajstić information content (AvgIpc) is 2.74. The van der Waals surface area contributed by atoms with Crippen LogP contribution in [-0.2, 0) is 14.8 Å². The fourth-order valence-corrected chi connectivity index (χ4v) is 4.85. The number of hydrogen-bond donors (Lipinski definition) is 0. The zero-order chi connectivity index (χ0) is 21.0. The first kappa shape index (κ1) is 21.1. The molecule has 0 bridgehead atoms. The normalized spacial score (nSPS) is 16.1. The summed E-state index contributed by atoms with van der Waals surface area (Å²) in [5.41, 5.74) is 0.104. The maximum absolute atomic E-state index is 12.9. The molecule has 3 rings (SSSR count). The molecule has 0 aliphatic carbocycles. The Hall–Kier alpha value is -2.60. The number of sulfonamides is 1. The quantitative estimate of drug-likeness (QED) is 0.722. The monoisotopic (exact) mass is 433 g/mol. The van der Waals surface area contributed by atoms with Gasteiger partial charge in [-0.05, 0) is 31.2 Å². The molecule has 0 saturated carbocycles. The Morgan fingerprint density at radius 1 is 1.10 bits per heavy atom. The summed E-state index contributed by atoms with van der Waals surface area (Å²) in [6, 6.07) is 14.9. The third-order valence-corrected chi connectivity index (χ3v) is 6.93. The summed E-state index contributed by atoms with van der Waals surface area (Å²) in [6.07, 6.45) is -0.752. The molecule has 0 radical (unpaired) electrons. The third-order valence-electron chi connectivity index (χ3n) is 4.66. The number of hydrogen-bond acceptors (Lipinski definition) is 5. The summed E-state index contributed by atoms with van der Waals surface area (Å²) in [6.45, 7) is 2.41. The van der Waals surface area contributed by atoms with Crippen molar-refractivity contribution in [3.8, 4) is 11.8 Å². The number of ether oxygens (including phenoxy) is 1. The molecule has 0 aromatic heterocycles. The number of halogens is 1. The van der Waals surface area contributed by atoms with E-state index in [2.05, 4.69) is 0 Å². The van der Waals surface area contributed by atoms with Gasteiger partial charge in [0.25, 0.3) is 5.91 Å². The van der Waals surface area contributed by atoms with E-state index in [-0.39, 0.29) is 42.5 Å². The molecular formula is C20H20ClN3O4S. The molecule has 0 N–H and O–H groups in total. The van der Waals surface area contributed by atoms with Crippen molar-refractivity contribution in [2.75, 3.05) is 26.2 Å². The Morgan fingerprint density at radius 2 is 1.72 bits per heavy atom. The van der Waals surface area contributed by atoms with Gasteiger partial charge in [0.15, 0.2) is 6.10 Å². The topological polar surface area (TPSA) is 90.7 Å². The number of amides is 1. The molecule has 1 aliphatic heterocycles. The second kappa shape index (κ2) is 8.82. The summed E-state index contributed by atoms with van der Waals surface area (Å²) >= 11 is 6.06. The first-order chi connectivity index (χ1) is 13.8. The van der Waals surface area contributed by atoms with Crippen LogP contribution in [0.25, 0.3) is 0 Å². The van der Waals surface area contributed by atoms with Gasteiger partial charge in [0, 0.05) is 26.2 Å². The van der Waals surface area contributed by atoms with E-state index in [1.165, 1.54) is 16.4 Å².